The van der Waals surface area contributed by atoms with E-state index in [4.69, 9.17) is 6.11 Å². The van der Waals surface area contributed by atoms with E-state index in [0.717, 1.165) is 24.0 Å². The predicted molar refractivity (Wildman–Crippen MR) is 62.0 cm³/mol. The Labute approximate surface area is 99.2 Å². The van der Waals surface area contributed by atoms with Crippen molar-refractivity contribution < 1.29 is 10.9 Å². The number of benzene rings is 1. The highest BCUT2D eigenvalue weighted by Crippen LogP contribution is 2.36. The molecule has 3 heteroatoms. The number of esters is 1. The van der Waals surface area contributed by atoms with Crippen molar-refractivity contribution >= 4 is 21.9 Å². The van der Waals surface area contributed by atoms with Crippen LogP contribution in [-0.2, 0) is 16.0 Å². The third-order valence-electron chi connectivity index (χ3n) is 2.49. The molecule has 0 aliphatic heterocycles. The first-order valence-corrected chi connectivity index (χ1v) is 5.87. The van der Waals surface area contributed by atoms with Crippen LogP contribution in [0.1, 0.15) is 31.9 Å². The third-order valence-corrected chi connectivity index (χ3v) is 3.36. The molecule has 0 bridgehead atoms. The predicted octanol–water partition coefficient (Wildman–Crippen LogP) is 3.00. The summed E-state index contributed by atoms with van der Waals surface area (Å²) in [6.45, 7) is 1.34. The molecule has 1 aliphatic carbocycles. The van der Waals surface area contributed by atoms with E-state index in [1.54, 1.807) is 0 Å². The molecule has 0 saturated heterocycles. The molecule has 1 aromatic carbocycles. The van der Waals surface area contributed by atoms with Gasteiger partial charge in [-0.25, -0.2) is 0 Å². The summed E-state index contributed by atoms with van der Waals surface area (Å²) in [4.78, 5) is 11.0. The smallest absolute Gasteiger partial charge is 0.303 e. The molecule has 0 spiro atoms. The molecule has 0 radical (unpaired) electrons. The normalized spacial score (nSPS) is 30.3. The van der Waals surface area contributed by atoms with Crippen molar-refractivity contribution in [2.75, 3.05) is 0 Å². The van der Waals surface area contributed by atoms with E-state index >= 15 is 0 Å². The van der Waals surface area contributed by atoms with E-state index in [-0.39, 0.29) is 4.83 Å². The van der Waals surface area contributed by atoms with Gasteiger partial charge in [0.2, 0.25) is 0 Å². The Kier molecular flexibility index (Phi) is 2.73. The second-order valence-electron chi connectivity index (χ2n) is 3.62. The lowest BCUT2D eigenvalue weighted by atomic mass is 9.89. The lowest BCUT2D eigenvalue weighted by molar-refractivity contribution is -0.146. The second-order valence-corrected chi connectivity index (χ2v) is 4.73. The Morgan fingerprint density at radius 1 is 1.60 bits per heavy atom. The molecule has 0 heterocycles. The van der Waals surface area contributed by atoms with Crippen LogP contribution < -0.4 is 0 Å². The Hall–Kier alpha value is -0.830. The largest absolute Gasteiger partial charge is 0.456 e. The van der Waals surface area contributed by atoms with E-state index in [0.29, 0.717) is 0 Å². The topological polar surface area (TPSA) is 26.3 Å². The van der Waals surface area contributed by atoms with Gasteiger partial charge in [0.1, 0.15) is 6.08 Å². The van der Waals surface area contributed by atoms with Crippen LogP contribution in [0.5, 0.6) is 0 Å². The fourth-order valence-electron chi connectivity index (χ4n) is 1.83. The minimum atomic E-state index is -1.29. The van der Waals surface area contributed by atoms with E-state index in [9.17, 15) is 4.79 Å². The molecule has 0 unspecified atom stereocenters. The van der Waals surface area contributed by atoms with Gasteiger partial charge >= 0.3 is 5.97 Å². The standard InChI is InChI=1S/C12H13BrO2/c1-8(14)15-12-10-5-3-2-4-9(10)6-7-11(12)13/h2-5,11-12H,6-7H2,1H3/t11-,12-/m1/s1/i12D. The Balaban J connectivity index is 2.47. The minimum absolute atomic E-state index is 0.154. The number of carbonyl (C=O) groups excluding carboxylic acids is 1. The second kappa shape index (κ2) is 4.35. The van der Waals surface area contributed by atoms with Gasteiger partial charge in [0, 0.05) is 6.92 Å². The number of carbonyl (C=O) groups is 1. The van der Waals surface area contributed by atoms with Crippen molar-refractivity contribution in [3.63, 3.8) is 0 Å². The molecule has 1 aliphatic rings. The lowest BCUT2D eigenvalue weighted by Crippen LogP contribution is -2.24. The molecule has 0 amide bonds. The molecule has 1 aromatic rings. The van der Waals surface area contributed by atoms with Crippen LogP contribution in [-0.4, -0.2) is 10.8 Å². The summed E-state index contributed by atoms with van der Waals surface area (Å²) in [7, 11) is 0. The van der Waals surface area contributed by atoms with Crippen LogP contribution in [0.15, 0.2) is 24.3 Å². The van der Waals surface area contributed by atoms with Crippen LogP contribution in [0.3, 0.4) is 0 Å². The van der Waals surface area contributed by atoms with Crippen LogP contribution in [0, 0.1) is 0 Å². The van der Waals surface area contributed by atoms with Crippen molar-refractivity contribution in [3.8, 4) is 0 Å². The van der Waals surface area contributed by atoms with Gasteiger partial charge < -0.3 is 4.74 Å². The first kappa shape index (κ1) is 9.40. The van der Waals surface area contributed by atoms with Crippen LogP contribution >= 0.6 is 15.9 Å². The highest BCUT2D eigenvalue weighted by Gasteiger charge is 2.29. The summed E-state index contributed by atoms with van der Waals surface area (Å²) >= 11 is 3.44. The molecule has 0 fully saturated rings. The maximum atomic E-state index is 11.1. The Morgan fingerprint density at radius 2 is 2.33 bits per heavy atom. The first-order valence-electron chi connectivity index (χ1n) is 5.46. The molecular formula is C12H13BrO2. The SMILES string of the molecule is [2H][C@@]1(OC(C)=O)c2ccccc2CC[C@H]1Br. The lowest BCUT2D eigenvalue weighted by Gasteiger charge is -2.29. The van der Waals surface area contributed by atoms with Crippen molar-refractivity contribution in [3.05, 3.63) is 35.4 Å². The molecule has 0 saturated carbocycles. The molecule has 2 rings (SSSR count). The number of rotatable bonds is 1. The van der Waals surface area contributed by atoms with E-state index in [2.05, 4.69) is 15.9 Å². The number of halogens is 1. The van der Waals surface area contributed by atoms with Gasteiger partial charge in [0.25, 0.3) is 0 Å². The van der Waals surface area contributed by atoms with Crippen LogP contribution in [0.25, 0.3) is 0 Å². The van der Waals surface area contributed by atoms with Crippen LogP contribution in [0.2, 0.25) is 0 Å². The number of alkyl halides is 1. The van der Waals surface area contributed by atoms with Crippen LogP contribution in [0.4, 0.5) is 0 Å². The zero-order valence-electron chi connectivity index (χ0n) is 9.50. The molecule has 15 heavy (non-hydrogen) atoms. The number of ether oxygens (including phenoxy) is 1. The summed E-state index contributed by atoms with van der Waals surface area (Å²) in [5.74, 6) is -0.420. The average molecular weight is 270 g/mol. The van der Waals surface area contributed by atoms with Gasteiger partial charge in [0.05, 0.1) is 6.20 Å². The maximum absolute atomic E-state index is 11.1. The molecule has 0 aromatic heterocycles. The summed E-state index contributed by atoms with van der Waals surface area (Å²) in [5.41, 5.74) is 1.88. The highest BCUT2D eigenvalue weighted by molar-refractivity contribution is 9.09. The van der Waals surface area contributed by atoms with Gasteiger partial charge in [-0.05, 0) is 24.0 Å². The molecule has 80 valence electrons. The summed E-state index contributed by atoms with van der Waals surface area (Å²) in [6.07, 6.45) is 0.419. The number of fused-ring (bicyclic) bond motifs is 1. The van der Waals surface area contributed by atoms with Crippen molar-refractivity contribution in [1.29, 1.82) is 0 Å². The maximum Gasteiger partial charge on any atom is 0.303 e. The van der Waals surface area contributed by atoms with Gasteiger partial charge in [-0.3, -0.25) is 4.79 Å². The number of aryl methyl sites for hydroxylation is 1. The zero-order chi connectivity index (χ0) is 11.8. The van der Waals surface area contributed by atoms with Crippen molar-refractivity contribution in [1.82, 2.24) is 0 Å². The number of hydrogen-bond donors (Lipinski definition) is 0. The molecular weight excluding hydrogens is 256 g/mol. The fourth-order valence-corrected chi connectivity index (χ4v) is 2.40. The first-order chi connectivity index (χ1) is 7.54. The molecule has 2 atom stereocenters. The summed E-state index contributed by atoms with van der Waals surface area (Å²) in [5, 5.41) is 0. The minimum Gasteiger partial charge on any atom is -0.456 e. The Morgan fingerprint density at radius 3 is 3.07 bits per heavy atom. The fraction of sp³-hybridized carbons (Fsp3) is 0.417. The molecule has 2 nitrogen and oxygen atoms in total. The van der Waals surface area contributed by atoms with Gasteiger partial charge in [-0.2, -0.15) is 0 Å². The average Bonchev–Trinajstić information content (AvgIpc) is 2.23. The number of hydrogen-bond acceptors (Lipinski definition) is 2. The van der Waals surface area contributed by atoms with E-state index < -0.39 is 12.0 Å². The van der Waals surface area contributed by atoms with Crippen molar-refractivity contribution in [2.24, 2.45) is 0 Å². The quantitative estimate of drug-likeness (QED) is 0.579. The zero-order valence-corrected chi connectivity index (χ0v) is 10.1. The van der Waals surface area contributed by atoms with Crippen molar-refractivity contribution in [2.45, 2.75) is 30.7 Å². The third kappa shape index (κ3) is 2.23. The summed E-state index contributed by atoms with van der Waals surface area (Å²) in [6, 6.07) is 7.66. The van der Waals surface area contributed by atoms with E-state index in [1.165, 1.54) is 6.92 Å². The molecule has 0 N–H and O–H groups in total. The Bertz CT molecular complexity index is 421. The summed E-state index contributed by atoms with van der Waals surface area (Å²) < 4.78 is 13.5. The van der Waals surface area contributed by atoms with Gasteiger partial charge in [0.15, 0.2) is 0 Å². The van der Waals surface area contributed by atoms with E-state index in [1.807, 2.05) is 24.3 Å². The highest BCUT2D eigenvalue weighted by atomic mass is 79.9. The van der Waals surface area contributed by atoms with Gasteiger partial charge in [-0.15, -0.1) is 0 Å². The van der Waals surface area contributed by atoms with Gasteiger partial charge in [-0.1, -0.05) is 40.2 Å². The monoisotopic (exact) mass is 269 g/mol.